The minimum absolute atomic E-state index is 0.0842. The van der Waals surface area contributed by atoms with E-state index in [4.69, 9.17) is 4.74 Å². The molecule has 4 rings (SSSR count). The average molecular weight is 592 g/mol. The summed E-state index contributed by atoms with van der Waals surface area (Å²) >= 11 is 0. The lowest BCUT2D eigenvalue weighted by Gasteiger charge is -2.34. The molecule has 3 aromatic rings. The summed E-state index contributed by atoms with van der Waals surface area (Å²) in [4.78, 5) is 29.4. The Hall–Kier alpha value is -3.85. The Morgan fingerprint density at radius 1 is 0.929 bits per heavy atom. The minimum atomic E-state index is -4.09. The van der Waals surface area contributed by atoms with Gasteiger partial charge in [-0.1, -0.05) is 74.2 Å². The van der Waals surface area contributed by atoms with E-state index in [2.05, 4.69) is 5.32 Å². The van der Waals surface area contributed by atoms with Crippen molar-refractivity contribution >= 4 is 27.5 Å². The van der Waals surface area contributed by atoms with Crippen LogP contribution in [0, 0.1) is 6.92 Å². The molecule has 1 aliphatic rings. The Bertz CT molecular complexity index is 1420. The van der Waals surface area contributed by atoms with Crippen molar-refractivity contribution in [2.45, 2.75) is 75.9 Å². The molecule has 1 saturated carbocycles. The molecule has 0 heterocycles. The SMILES string of the molecule is CCC(C(=O)NC1CCCCC1)N(Cc1ccc(OC)cc1)C(=O)CN(c1ccccc1)S(=O)(=O)c1ccc(C)cc1. The summed E-state index contributed by atoms with van der Waals surface area (Å²) < 4.78 is 34.3. The summed E-state index contributed by atoms with van der Waals surface area (Å²) in [5, 5.41) is 3.17. The zero-order chi connectivity index (χ0) is 30.1. The Kier molecular flexibility index (Phi) is 10.6. The lowest BCUT2D eigenvalue weighted by Crippen LogP contribution is -2.54. The Morgan fingerprint density at radius 3 is 2.17 bits per heavy atom. The normalized spacial score (nSPS) is 14.5. The molecule has 42 heavy (non-hydrogen) atoms. The second-order valence-electron chi connectivity index (χ2n) is 10.8. The molecule has 9 heteroatoms. The number of ether oxygens (including phenoxy) is 1. The van der Waals surface area contributed by atoms with Gasteiger partial charge in [-0.3, -0.25) is 13.9 Å². The fourth-order valence-electron chi connectivity index (χ4n) is 5.35. The Morgan fingerprint density at radius 2 is 1.57 bits per heavy atom. The van der Waals surface area contributed by atoms with Gasteiger partial charge in [0.2, 0.25) is 11.8 Å². The summed E-state index contributed by atoms with van der Waals surface area (Å²) in [5.41, 5.74) is 2.10. The maximum atomic E-state index is 14.2. The molecule has 8 nitrogen and oxygen atoms in total. The molecule has 224 valence electrons. The van der Waals surface area contributed by atoms with E-state index in [1.54, 1.807) is 73.8 Å². The van der Waals surface area contributed by atoms with Crippen molar-refractivity contribution in [1.82, 2.24) is 10.2 Å². The largest absolute Gasteiger partial charge is 0.497 e. The highest BCUT2D eigenvalue weighted by atomic mass is 32.2. The van der Waals surface area contributed by atoms with Gasteiger partial charge in [-0.15, -0.1) is 0 Å². The molecule has 1 unspecified atom stereocenters. The van der Waals surface area contributed by atoms with Gasteiger partial charge in [0.25, 0.3) is 10.0 Å². The number of hydrogen-bond acceptors (Lipinski definition) is 5. The third-order valence-electron chi connectivity index (χ3n) is 7.78. The van der Waals surface area contributed by atoms with Gasteiger partial charge < -0.3 is 15.0 Å². The molecule has 0 bridgehead atoms. The maximum absolute atomic E-state index is 14.2. The molecule has 0 aliphatic heterocycles. The van der Waals surface area contributed by atoms with E-state index in [0.717, 1.165) is 47.5 Å². The van der Waals surface area contributed by atoms with Gasteiger partial charge in [-0.25, -0.2) is 8.42 Å². The first kappa shape index (κ1) is 31.1. The van der Waals surface area contributed by atoms with Crippen LogP contribution in [-0.4, -0.2) is 50.9 Å². The standard InChI is InChI=1S/C33H41N3O5S/c1-4-31(33(38)34-27-11-7-5-8-12-27)35(23-26-17-19-29(41-3)20-18-26)32(37)24-36(28-13-9-6-10-14-28)42(39,40)30-21-15-25(2)16-22-30/h6,9-10,13-22,27,31H,4-5,7-8,11-12,23-24H2,1-3H3,(H,34,38). The maximum Gasteiger partial charge on any atom is 0.264 e. The van der Waals surface area contributed by atoms with Crippen molar-refractivity contribution < 1.29 is 22.7 Å². The molecule has 2 amide bonds. The quantitative estimate of drug-likeness (QED) is 0.302. The highest BCUT2D eigenvalue weighted by Gasteiger charge is 2.34. The van der Waals surface area contributed by atoms with Gasteiger partial charge in [0.15, 0.2) is 0 Å². The van der Waals surface area contributed by atoms with E-state index in [9.17, 15) is 18.0 Å². The second-order valence-corrected chi connectivity index (χ2v) is 12.7. The van der Waals surface area contributed by atoms with Crippen molar-refractivity contribution in [3.8, 4) is 5.75 Å². The number of para-hydroxylation sites is 1. The molecule has 0 saturated heterocycles. The number of aryl methyl sites for hydroxylation is 1. The van der Waals surface area contributed by atoms with Crippen LogP contribution in [0.4, 0.5) is 5.69 Å². The van der Waals surface area contributed by atoms with Crippen LogP contribution >= 0.6 is 0 Å². The first-order valence-corrected chi connectivity index (χ1v) is 16.0. The zero-order valence-electron chi connectivity index (χ0n) is 24.7. The van der Waals surface area contributed by atoms with Gasteiger partial charge in [0.05, 0.1) is 17.7 Å². The lowest BCUT2D eigenvalue weighted by atomic mass is 9.95. The Labute approximate surface area is 249 Å². The van der Waals surface area contributed by atoms with Crippen molar-refractivity contribution in [3.63, 3.8) is 0 Å². The van der Waals surface area contributed by atoms with Crippen molar-refractivity contribution in [2.24, 2.45) is 0 Å². The number of carbonyl (C=O) groups excluding carboxylic acids is 2. The molecule has 1 atom stereocenters. The van der Waals surface area contributed by atoms with Crippen LogP contribution in [0.1, 0.15) is 56.6 Å². The molecule has 1 aliphatic carbocycles. The highest BCUT2D eigenvalue weighted by Crippen LogP contribution is 2.25. The van der Waals surface area contributed by atoms with Gasteiger partial charge in [0, 0.05) is 12.6 Å². The van der Waals surface area contributed by atoms with Crippen LogP contribution in [0.15, 0.2) is 83.8 Å². The number of methoxy groups -OCH3 is 1. The number of rotatable bonds is 12. The molecule has 3 aromatic carbocycles. The van der Waals surface area contributed by atoms with E-state index in [-0.39, 0.29) is 23.4 Å². The van der Waals surface area contributed by atoms with Crippen molar-refractivity contribution in [2.75, 3.05) is 18.0 Å². The van der Waals surface area contributed by atoms with E-state index in [1.807, 2.05) is 26.0 Å². The molecule has 0 radical (unpaired) electrons. The van der Waals surface area contributed by atoms with Crippen LogP contribution in [-0.2, 0) is 26.2 Å². The van der Waals surface area contributed by atoms with Gasteiger partial charge in [0.1, 0.15) is 18.3 Å². The molecular formula is C33H41N3O5S. The van der Waals surface area contributed by atoms with Crippen molar-refractivity contribution in [1.29, 1.82) is 0 Å². The second kappa shape index (κ2) is 14.4. The summed E-state index contributed by atoms with van der Waals surface area (Å²) in [6.07, 6.45) is 5.53. The number of anilines is 1. The predicted octanol–water partition coefficient (Wildman–Crippen LogP) is 5.46. The molecular weight excluding hydrogens is 550 g/mol. The molecule has 0 spiro atoms. The van der Waals surface area contributed by atoms with E-state index in [1.165, 1.54) is 4.90 Å². The fraction of sp³-hybridized carbons (Fsp3) is 0.394. The zero-order valence-corrected chi connectivity index (χ0v) is 25.5. The van der Waals surface area contributed by atoms with Crippen molar-refractivity contribution in [3.05, 3.63) is 90.0 Å². The molecule has 1 fully saturated rings. The number of carbonyl (C=O) groups is 2. The third kappa shape index (κ3) is 7.70. The smallest absolute Gasteiger partial charge is 0.264 e. The predicted molar refractivity (Wildman–Crippen MR) is 165 cm³/mol. The summed E-state index contributed by atoms with van der Waals surface area (Å²) in [6.45, 7) is 3.45. The first-order valence-electron chi connectivity index (χ1n) is 14.6. The number of benzene rings is 3. The van der Waals surface area contributed by atoms with E-state index >= 15 is 0 Å². The van der Waals surface area contributed by atoms with Gasteiger partial charge in [-0.05, 0) is 68.1 Å². The topological polar surface area (TPSA) is 96.0 Å². The number of nitrogens with zero attached hydrogens (tertiary/aromatic N) is 2. The van der Waals surface area contributed by atoms with E-state index < -0.39 is 28.5 Å². The van der Waals surface area contributed by atoms with Crippen LogP contribution in [0.3, 0.4) is 0 Å². The van der Waals surface area contributed by atoms with Crippen LogP contribution < -0.4 is 14.4 Å². The van der Waals surface area contributed by atoms with Gasteiger partial charge in [-0.2, -0.15) is 0 Å². The minimum Gasteiger partial charge on any atom is -0.497 e. The summed E-state index contributed by atoms with van der Waals surface area (Å²) in [6, 6.07) is 21.8. The van der Waals surface area contributed by atoms with Gasteiger partial charge >= 0.3 is 0 Å². The van der Waals surface area contributed by atoms with E-state index in [0.29, 0.717) is 17.9 Å². The highest BCUT2D eigenvalue weighted by molar-refractivity contribution is 7.92. The number of nitrogens with one attached hydrogen (secondary N) is 1. The number of amides is 2. The fourth-order valence-corrected chi connectivity index (χ4v) is 6.77. The monoisotopic (exact) mass is 591 g/mol. The average Bonchev–Trinajstić information content (AvgIpc) is 3.01. The molecule has 0 aromatic heterocycles. The summed E-state index contributed by atoms with van der Waals surface area (Å²) in [7, 11) is -2.50. The summed E-state index contributed by atoms with van der Waals surface area (Å²) in [5.74, 6) is 0.00747. The number of hydrogen-bond donors (Lipinski definition) is 1. The lowest BCUT2D eigenvalue weighted by molar-refractivity contribution is -0.140. The number of sulfonamides is 1. The van der Waals surface area contributed by atoms with Crippen LogP contribution in [0.25, 0.3) is 0 Å². The first-order chi connectivity index (χ1) is 20.2. The third-order valence-corrected chi connectivity index (χ3v) is 9.57. The van der Waals surface area contributed by atoms with Crippen LogP contribution in [0.5, 0.6) is 5.75 Å². The van der Waals surface area contributed by atoms with Crippen LogP contribution in [0.2, 0.25) is 0 Å². The Balaban J connectivity index is 1.68. The molecule has 1 N–H and O–H groups in total.